The number of nitrogens with zero attached hydrogens (tertiary/aromatic N) is 1. The SMILES string of the molecule is COC(=O)C1=C(N=O)CC(Br)C(F)C1. The Morgan fingerprint density at radius 2 is 2.29 bits per heavy atom. The molecule has 1 aliphatic rings. The molecule has 6 heteroatoms. The summed E-state index contributed by atoms with van der Waals surface area (Å²) in [6, 6.07) is 0. The largest absolute Gasteiger partial charge is 0.466 e. The number of halogens is 2. The molecule has 2 atom stereocenters. The van der Waals surface area contributed by atoms with Gasteiger partial charge in [0.2, 0.25) is 0 Å². The lowest BCUT2D eigenvalue weighted by molar-refractivity contribution is -0.136. The lowest BCUT2D eigenvalue weighted by Gasteiger charge is -2.21. The first-order valence-electron chi connectivity index (χ1n) is 4.02. The lowest BCUT2D eigenvalue weighted by atomic mass is 9.95. The number of hydrogen-bond acceptors (Lipinski definition) is 4. The molecular formula is C8H9BrFNO3. The van der Waals surface area contributed by atoms with Gasteiger partial charge < -0.3 is 4.74 Å². The standard InChI is InChI=1S/C8H9BrFNO3/c1-14-8(12)4-2-6(10)5(9)3-7(4)11-13/h5-6H,2-3H2,1H3. The van der Waals surface area contributed by atoms with Gasteiger partial charge in [-0.25, -0.2) is 9.18 Å². The van der Waals surface area contributed by atoms with Crippen LogP contribution < -0.4 is 0 Å². The van der Waals surface area contributed by atoms with Crippen LogP contribution in [0.25, 0.3) is 0 Å². The summed E-state index contributed by atoms with van der Waals surface area (Å²) in [4.78, 5) is 21.1. The first-order valence-corrected chi connectivity index (χ1v) is 4.93. The maximum Gasteiger partial charge on any atom is 0.335 e. The first kappa shape index (κ1) is 11.3. The van der Waals surface area contributed by atoms with Gasteiger partial charge in [0.05, 0.1) is 23.2 Å². The summed E-state index contributed by atoms with van der Waals surface area (Å²) in [7, 11) is 1.19. The molecule has 78 valence electrons. The fourth-order valence-electron chi connectivity index (χ4n) is 1.29. The Morgan fingerprint density at radius 1 is 1.64 bits per heavy atom. The van der Waals surface area contributed by atoms with Crippen LogP contribution in [0.5, 0.6) is 0 Å². The zero-order valence-electron chi connectivity index (χ0n) is 7.50. The summed E-state index contributed by atoms with van der Waals surface area (Å²) < 4.78 is 17.6. The fourth-order valence-corrected chi connectivity index (χ4v) is 1.79. The molecule has 0 N–H and O–H groups in total. The molecule has 0 fully saturated rings. The molecule has 0 saturated carbocycles. The maximum atomic E-state index is 13.2. The Hall–Kier alpha value is -0.780. The van der Waals surface area contributed by atoms with E-state index in [0.717, 1.165) is 0 Å². The van der Waals surface area contributed by atoms with Crippen molar-refractivity contribution in [2.24, 2.45) is 5.18 Å². The van der Waals surface area contributed by atoms with Crippen molar-refractivity contribution in [2.75, 3.05) is 7.11 Å². The molecule has 0 bridgehead atoms. The molecule has 1 aliphatic carbocycles. The smallest absolute Gasteiger partial charge is 0.335 e. The van der Waals surface area contributed by atoms with Gasteiger partial charge in [-0.1, -0.05) is 15.9 Å². The number of carbonyl (C=O) groups excluding carboxylic acids is 1. The minimum Gasteiger partial charge on any atom is -0.466 e. The van der Waals surface area contributed by atoms with E-state index in [0.29, 0.717) is 0 Å². The fraction of sp³-hybridized carbons (Fsp3) is 0.625. The summed E-state index contributed by atoms with van der Waals surface area (Å²) in [6.45, 7) is 0. The van der Waals surface area contributed by atoms with E-state index in [1.54, 1.807) is 0 Å². The van der Waals surface area contributed by atoms with Crippen LogP contribution in [-0.2, 0) is 9.53 Å². The molecule has 0 spiro atoms. The van der Waals surface area contributed by atoms with Crippen LogP contribution in [-0.4, -0.2) is 24.1 Å². The first-order chi connectivity index (χ1) is 6.60. The van der Waals surface area contributed by atoms with E-state index in [1.165, 1.54) is 7.11 Å². The van der Waals surface area contributed by atoms with Gasteiger partial charge in [0.25, 0.3) is 0 Å². The van der Waals surface area contributed by atoms with Crippen molar-refractivity contribution in [1.29, 1.82) is 0 Å². The molecule has 0 aliphatic heterocycles. The Balaban J connectivity index is 2.96. The van der Waals surface area contributed by atoms with Crippen LogP contribution in [0.4, 0.5) is 4.39 Å². The highest BCUT2D eigenvalue weighted by atomic mass is 79.9. The summed E-state index contributed by atoms with van der Waals surface area (Å²) in [6.07, 6.45) is -1.19. The van der Waals surface area contributed by atoms with Crippen LogP contribution in [0.1, 0.15) is 12.8 Å². The maximum absolute atomic E-state index is 13.2. The molecule has 2 unspecified atom stereocenters. The van der Waals surface area contributed by atoms with E-state index in [4.69, 9.17) is 0 Å². The van der Waals surface area contributed by atoms with Crippen molar-refractivity contribution in [3.63, 3.8) is 0 Å². The van der Waals surface area contributed by atoms with Crippen LogP contribution in [0.2, 0.25) is 0 Å². The Bertz CT molecular complexity index is 292. The summed E-state index contributed by atoms with van der Waals surface area (Å²) in [5.74, 6) is -0.679. The van der Waals surface area contributed by atoms with Crippen molar-refractivity contribution in [3.8, 4) is 0 Å². The van der Waals surface area contributed by atoms with E-state index in [-0.39, 0.29) is 24.1 Å². The molecule has 4 nitrogen and oxygen atoms in total. The van der Waals surface area contributed by atoms with Gasteiger partial charge in [-0.05, 0) is 5.18 Å². The molecular weight excluding hydrogens is 257 g/mol. The van der Waals surface area contributed by atoms with Gasteiger partial charge in [0.15, 0.2) is 0 Å². The van der Waals surface area contributed by atoms with E-state index < -0.39 is 17.0 Å². The Morgan fingerprint density at radius 3 is 2.79 bits per heavy atom. The number of carbonyl (C=O) groups is 1. The summed E-state index contributed by atoms with van der Waals surface area (Å²) in [5, 5.41) is 2.71. The normalized spacial score (nSPS) is 27.4. The van der Waals surface area contributed by atoms with Crippen LogP contribution >= 0.6 is 15.9 Å². The van der Waals surface area contributed by atoms with Gasteiger partial charge in [-0.2, -0.15) is 0 Å². The minimum atomic E-state index is -1.19. The number of rotatable bonds is 2. The van der Waals surface area contributed by atoms with E-state index >= 15 is 0 Å². The van der Waals surface area contributed by atoms with Gasteiger partial charge in [-0.3, -0.25) is 0 Å². The van der Waals surface area contributed by atoms with Crippen molar-refractivity contribution >= 4 is 21.9 Å². The Labute approximate surface area is 88.6 Å². The number of ether oxygens (including phenoxy) is 1. The highest BCUT2D eigenvalue weighted by Crippen LogP contribution is 2.32. The number of nitroso groups, excluding NO2 is 1. The van der Waals surface area contributed by atoms with E-state index in [2.05, 4.69) is 25.8 Å². The Kier molecular flexibility index (Phi) is 3.74. The predicted molar refractivity (Wildman–Crippen MR) is 51.7 cm³/mol. The second-order valence-electron chi connectivity index (χ2n) is 2.95. The zero-order valence-corrected chi connectivity index (χ0v) is 9.08. The quantitative estimate of drug-likeness (QED) is 0.436. The number of allylic oxidation sites excluding steroid dienone is 1. The molecule has 1 rings (SSSR count). The van der Waals surface area contributed by atoms with E-state index in [9.17, 15) is 14.1 Å². The van der Waals surface area contributed by atoms with Crippen molar-refractivity contribution in [3.05, 3.63) is 16.2 Å². The number of hydrogen-bond donors (Lipinski definition) is 0. The van der Waals surface area contributed by atoms with Crippen molar-refractivity contribution < 1.29 is 13.9 Å². The molecule has 0 aromatic rings. The molecule has 0 saturated heterocycles. The third kappa shape index (κ3) is 2.17. The number of alkyl halides is 2. The monoisotopic (exact) mass is 265 g/mol. The average molecular weight is 266 g/mol. The van der Waals surface area contributed by atoms with Crippen LogP contribution in [0.15, 0.2) is 16.4 Å². The second kappa shape index (κ2) is 4.63. The summed E-state index contributed by atoms with van der Waals surface area (Å²) in [5.41, 5.74) is 0.123. The van der Waals surface area contributed by atoms with Crippen molar-refractivity contribution in [1.82, 2.24) is 0 Å². The van der Waals surface area contributed by atoms with Crippen LogP contribution in [0.3, 0.4) is 0 Å². The van der Waals surface area contributed by atoms with Gasteiger partial charge in [-0.15, -0.1) is 4.91 Å². The third-order valence-corrected chi connectivity index (χ3v) is 2.97. The highest BCUT2D eigenvalue weighted by Gasteiger charge is 2.32. The topological polar surface area (TPSA) is 55.7 Å². The van der Waals surface area contributed by atoms with Gasteiger partial charge in [0, 0.05) is 12.8 Å². The lowest BCUT2D eigenvalue weighted by Crippen LogP contribution is -2.26. The second-order valence-corrected chi connectivity index (χ2v) is 4.12. The van der Waals surface area contributed by atoms with Crippen molar-refractivity contribution in [2.45, 2.75) is 23.8 Å². The highest BCUT2D eigenvalue weighted by molar-refractivity contribution is 9.09. The number of esters is 1. The molecule has 0 aromatic heterocycles. The molecule has 14 heavy (non-hydrogen) atoms. The van der Waals surface area contributed by atoms with Gasteiger partial charge >= 0.3 is 5.97 Å². The number of methoxy groups -OCH3 is 1. The third-order valence-electron chi connectivity index (χ3n) is 2.07. The summed E-state index contributed by atoms with van der Waals surface area (Å²) >= 11 is 3.07. The average Bonchev–Trinajstić information content (AvgIpc) is 2.20. The molecule has 0 heterocycles. The molecule has 0 radical (unpaired) electrons. The predicted octanol–water partition coefficient (Wildman–Crippen LogP) is 2.08. The molecule has 0 amide bonds. The minimum absolute atomic E-state index is 0.0469. The molecule has 0 aromatic carbocycles. The van der Waals surface area contributed by atoms with E-state index in [1.807, 2.05) is 0 Å². The van der Waals surface area contributed by atoms with Gasteiger partial charge in [0.1, 0.15) is 6.17 Å². The van der Waals surface area contributed by atoms with Crippen LogP contribution in [0, 0.1) is 4.91 Å². The zero-order chi connectivity index (χ0) is 10.7.